The fourth-order valence-corrected chi connectivity index (χ4v) is 5.47. The first-order valence-corrected chi connectivity index (χ1v) is 13.7. The smallest absolute Gasteiger partial charge is 0.270 e. The summed E-state index contributed by atoms with van der Waals surface area (Å²) in [6.45, 7) is 4.76. The van der Waals surface area contributed by atoms with Gasteiger partial charge in [0.25, 0.3) is 11.8 Å². The van der Waals surface area contributed by atoms with Crippen molar-refractivity contribution in [1.82, 2.24) is 29.5 Å². The molecule has 2 aliphatic rings. The Morgan fingerprint density at radius 1 is 1.17 bits per heavy atom. The Bertz CT molecular complexity index is 1660. The maximum Gasteiger partial charge on any atom is 0.270 e. The van der Waals surface area contributed by atoms with Crippen LogP contribution in [0.1, 0.15) is 54.4 Å². The number of anilines is 2. The molecule has 2 saturated heterocycles. The number of hydrogen-bond acceptors (Lipinski definition) is 8. The lowest BCUT2D eigenvalue weighted by Gasteiger charge is -2.42. The van der Waals surface area contributed by atoms with E-state index in [0.29, 0.717) is 54.5 Å². The minimum atomic E-state index is -3.06. The number of fused-ring (bicyclic) bond motifs is 1. The van der Waals surface area contributed by atoms with Crippen molar-refractivity contribution in [2.24, 2.45) is 5.41 Å². The molecule has 1 aromatic carbocycles. The van der Waals surface area contributed by atoms with Gasteiger partial charge in [-0.1, -0.05) is 12.1 Å². The molecule has 3 aromatic heterocycles. The van der Waals surface area contributed by atoms with Crippen LogP contribution in [0.3, 0.4) is 0 Å². The zero-order valence-corrected chi connectivity index (χ0v) is 23.2. The molecule has 1 unspecified atom stereocenters. The highest BCUT2D eigenvalue weighted by molar-refractivity contribution is 6.04. The van der Waals surface area contributed by atoms with Crippen LogP contribution in [0.2, 0.25) is 0 Å². The summed E-state index contributed by atoms with van der Waals surface area (Å²) < 4.78 is 34.4. The van der Waals surface area contributed by atoms with Crippen LogP contribution in [0.25, 0.3) is 16.8 Å². The standard InChI is InChI=1S/C29H30F2N8O3/c1-28(14-42-15-28)27(41)38-11-3-4-19(13-38)25-37-22(23-24(32)34-16-35-39(23)25)17-5-7-18(8-6-17)26(40)36-21-12-20(9-10-33-21)29(2,30)31/h5-10,12,16,19H,3-4,11,13-15H2,1-2H3,(H2,32,34,35)(H,33,36,40). The van der Waals surface area contributed by atoms with Gasteiger partial charge in [0.15, 0.2) is 5.82 Å². The minimum absolute atomic E-state index is 0.0246. The number of carbonyl (C=O) groups is 2. The molecular formula is C29H30F2N8O3. The topological polar surface area (TPSA) is 141 Å². The number of halogens is 2. The van der Waals surface area contributed by atoms with Gasteiger partial charge in [-0.05, 0) is 44.0 Å². The third kappa shape index (κ3) is 5.04. The quantitative estimate of drug-likeness (QED) is 0.353. The normalized spacial score (nSPS) is 18.5. The lowest BCUT2D eigenvalue weighted by molar-refractivity contribution is -0.169. The average molecular weight is 577 g/mol. The number of amides is 2. The van der Waals surface area contributed by atoms with E-state index in [-0.39, 0.29) is 29.0 Å². The molecule has 2 aliphatic heterocycles. The summed E-state index contributed by atoms with van der Waals surface area (Å²) in [5.74, 6) is -2.57. The molecule has 11 nitrogen and oxygen atoms in total. The summed E-state index contributed by atoms with van der Waals surface area (Å²) >= 11 is 0. The number of nitrogen functional groups attached to an aromatic ring is 1. The number of likely N-dealkylation sites (tertiary alicyclic amines) is 1. The molecule has 0 bridgehead atoms. The van der Waals surface area contributed by atoms with Gasteiger partial charge in [0, 0.05) is 48.8 Å². The van der Waals surface area contributed by atoms with Crippen molar-refractivity contribution in [3.63, 3.8) is 0 Å². The fourth-order valence-electron chi connectivity index (χ4n) is 5.47. The number of nitrogens with zero attached hydrogens (tertiary/aromatic N) is 6. The molecule has 2 fully saturated rings. The van der Waals surface area contributed by atoms with Gasteiger partial charge in [-0.3, -0.25) is 9.59 Å². The van der Waals surface area contributed by atoms with Gasteiger partial charge in [-0.2, -0.15) is 5.10 Å². The molecule has 2 amide bonds. The molecule has 3 N–H and O–H groups in total. The second-order valence-electron chi connectivity index (χ2n) is 11.2. The SMILES string of the molecule is CC1(C(=O)N2CCCC(c3nc(-c4ccc(C(=O)Nc5cc(C(C)(F)F)ccn5)cc4)c4c(N)ncnn34)C2)COC1. The number of carbonyl (C=O) groups excluding carboxylic acids is 2. The third-order valence-corrected chi connectivity index (χ3v) is 7.85. The van der Waals surface area contributed by atoms with E-state index >= 15 is 0 Å². The molecule has 6 rings (SSSR count). The minimum Gasteiger partial charge on any atom is -0.382 e. The molecule has 0 spiro atoms. The van der Waals surface area contributed by atoms with Crippen LogP contribution in [-0.2, 0) is 15.5 Å². The Balaban J connectivity index is 1.26. The van der Waals surface area contributed by atoms with E-state index in [4.69, 9.17) is 15.5 Å². The fraction of sp³-hybridized carbons (Fsp3) is 0.379. The predicted octanol–water partition coefficient (Wildman–Crippen LogP) is 3.88. The monoisotopic (exact) mass is 576 g/mol. The molecule has 0 aliphatic carbocycles. The Morgan fingerprint density at radius 2 is 1.93 bits per heavy atom. The van der Waals surface area contributed by atoms with Gasteiger partial charge in [0.05, 0.1) is 18.6 Å². The Labute approximate surface area is 240 Å². The Kier molecular flexibility index (Phi) is 6.84. The van der Waals surface area contributed by atoms with Crippen LogP contribution in [0.15, 0.2) is 48.9 Å². The number of piperidine rings is 1. The predicted molar refractivity (Wildman–Crippen MR) is 150 cm³/mol. The first-order valence-electron chi connectivity index (χ1n) is 13.7. The third-order valence-electron chi connectivity index (χ3n) is 7.85. The molecule has 0 radical (unpaired) electrons. The van der Waals surface area contributed by atoms with Gasteiger partial charge in [0.2, 0.25) is 5.91 Å². The van der Waals surface area contributed by atoms with Crippen LogP contribution >= 0.6 is 0 Å². The van der Waals surface area contributed by atoms with Crippen molar-refractivity contribution < 1.29 is 23.1 Å². The van der Waals surface area contributed by atoms with Gasteiger partial charge >= 0.3 is 0 Å². The maximum absolute atomic E-state index is 13.7. The number of imidazole rings is 1. The second-order valence-corrected chi connectivity index (χ2v) is 11.2. The first-order chi connectivity index (χ1) is 20.0. The van der Waals surface area contributed by atoms with Crippen molar-refractivity contribution in [3.8, 4) is 11.3 Å². The molecule has 4 aromatic rings. The van der Waals surface area contributed by atoms with E-state index in [0.717, 1.165) is 25.8 Å². The van der Waals surface area contributed by atoms with Crippen LogP contribution < -0.4 is 11.1 Å². The van der Waals surface area contributed by atoms with Crippen molar-refractivity contribution in [2.75, 3.05) is 37.4 Å². The highest BCUT2D eigenvalue weighted by Crippen LogP contribution is 2.36. The lowest BCUT2D eigenvalue weighted by Crippen LogP contribution is -2.55. The largest absolute Gasteiger partial charge is 0.382 e. The number of ether oxygens (including phenoxy) is 1. The van der Waals surface area contributed by atoms with Crippen LogP contribution in [0, 0.1) is 5.41 Å². The van der Waals surface area contributed by atoms with Crippen LogP contribution in [-0.4, -0.2) is 67.6 Å². The number of hydrogen-bond donors (Lipinski definition) is 2. The van der Waals surface area contributed by atoms with Crippen LogP contribution in [0.4, 0.5) is 20.4 Å². The molecular weight excluding hydrogens is 546 g/mol. The summed E-state index contributed by atoms with van der Waals surface area (Å²) in [6.07, 6.45) is 4.26. The molecule has 218 valence electrons. The second kappa shape index (κ2) is 10.4. The van der Waals surface area contributed by atoms with Crippen molar-refractivity contribution in [3.05, 3.63) is 65.9 Å². The molecule has 0 saturated carbocycles. The molecule has 1 atom stereocenters. The first kappa shape index (κ1) is 27.6. The average Bonchev–Trinajstić information content (AvgIpc) is 3.36. The summed E-state index contributed by atoms with van der Waals surface area (Å²) in [5.41, 5.74) is 7.63. The zero-order chi connectivity index (χ0) is 29.6. The van der Waals surface area contributed by atoms with Gasteiger partial charge in [-0.25, -0.2) is 28.2 Å². The molecule has 13 heteroatoms. The summed E-state index contributed by atoms with van der Waals surface area (Å²) in [4.78, 5) is 41.0. The Hall–Kier alpha value is -4.52. The van der Waals surface area contributed by atoms with E-state index in [9.17, 15) is 18.4 Å². The summed E-state index contributed by atoms with van der Waals surface area (Å²) in [5, 5.41) is 7.01. The molecule has 5 heterocycles. The van der Waals surface area contributed by atoms with Gasteiger partial charge in [0.1, 0.15) is 29.2 Å². The Morgan fingerprint density at radius 3 is 2.62 bits per heavy atom. The van der Waals surface area contributed by atoms with E-state index < -0.39 is 17.2 Å². The van der Waals surface area contributed by atoms with Gasteiger partial charge < -0.3 is 20.7 Å². The lowest BCUT2D eigenvalue weighted by atomic mass is 9.85. The van der Waals surface area contributed by atoms with E-state index in [1.165, 1.54) is 18.6 Å². The highest BCUT2D eigenvalue weighted by Gasteiger charge is 2.45. The summed E-state index contributed by atoms with van der Waals surface area (Å²) in [6, 6.07) is 9.02. The number of benzene rings is 1. The van der Waals surface area contributed by atoms with Gasteiger partial charge in [-0.15, -0.1) is 0 Å². The number of alkyl halides is 2. The van der Waals surface area contributed by atoms with Crippen molar-refractivity contribution in [2.45, 2.75) is 38.5 Å². The highest BCUT2D eigenvalue weighted by atomic mass is 19.3. The number of pyridine rings is 1. The summed E-state index contributed by atoms with van der Waals surface area (Å²) in [7, 11) is 0. The van der Waals surface area contributed by atoms with E-state index in [1.807, 2.05) is 11.8 Å². The molecule has 42 heavy (non-hydrogen) atoms. The van der Waals surface area contributed by atoms with Crippen molar-refractivity contribution in [1.29, 1.82) is 0 Å². The van der Waals surface area contributed by atoms with E-state index in [2.05, 4.69) is 20.4 Å². The van der Waals surface area contributed by atoms with Crippen molar-refractivity contribution >= 4 is 29.0 Å². The number of nitrogens with two attached hydrogens (primary N) is 1. The number of rotatable bonds is 6. The zero-order valence-electron chi connectivity index (χ0n) is 23.2. The number of aromatic nitrogens is 5. The maximum atomic E-state index is 13.7. The number of nitrogens with one attached hydrogen (secondary N) is 1. The van der Waals surface area contributed by atoms with Crippen LogP contribution in [0.5, 0.6) is 0 Å². The van der Waals surface area contributed by atoms with E-state index in [1.54, 1.807) is 28.8 Å².